The van der Waals surface area contributed by atoms with Crippen molar-refractivity contribution in [1.82, 2.24) is 4.90 Å². The highest BCUT2D eigenvalue weighted by atomic mass is 35.5. The molecule has 2 saturated heterocycles. The van der Waals surface area contributed by atoms with Crippen LogP contribution in [0.1, 0.15) is 24.8 Å². The standard InChI is InChI=1S/C22H23ClFN3O2.ClH/c23-18-14-17(24)9-8-16(18)15-26-12-13-27(22(29)21(26)28)20-7-3-2-6-19(20)25-10-4-1-5-11-25;/h2-3,6-9,14H,1,4-5,10-13,15H2;1H. The van der Waals surface area contributed by atoms with E-state index < -0.39 is 17.6 Å². The summed E-state index contributed by atoms with van der Waals surface area (Å²) < 4.78 is 13.3. The lowest BCUT2D eigenvalue weighted by Gasteiger charge is -2.37. The minimum absolute atomic E-state index is 0. The molecule has 2 fully saturated rings. The van der Waals surface area contributed by atoms with Crippen molar-refractivity contribution in [3.05, 3.63) is 58.9 Å². The van der Waals surface area contributed by atoms with Crippen LogP contribution < -0.4 is 9.80 Å². The Balaban J connectivity index is 0.00000256. The van der Waals surface area contributed by atoms with Gasteiger partial charge in [0, 0.05) is 37.7 Å². The predicted octanol–water partition coefficient (Wildman–Crippen LogP) is 4.27. The Morgan fingerprint density at radius 3 is 2.27 bits per heavy atom. The van der Waals surface area contributed by atoms with E-state index in [1.165, 1.54) is 23.5 Å². The molecule has 0 unspecified atom stereocenters. The van der Waals surface area contributed by atoms with Gasteiger partial charge in [0.15, 0.2) is 0 Å². The maximum atomic E-state index is 13.3. The Morgan fingerprint density at radius 2 is 1.57 bits per heavy atom. The van der Waals surface area contributed by atoms with E-state index in [2.05, 4.69) is 4.90 Å². The third-order valence-electron chi connectivity index (χ3n) is 5.55. The average Bonchev–Trinajstić information content (AvgIpc) is 2.74. The molecule has 2 aliphatic heterocycles. The number of halogens is 3. The number of anilines is 2. The largest absolute Gasteiger partial charge is 0.370 e. The zero-order chi connectivity index (χ0) is 20.4. The van der Waals surface area contributed by atoms with E-state index in [-0.39, 0.29) is 24.0 Å². The van der Waals surface area contributed by atoms with E-state index in [0.717, 1.165) is 37.3 Å². The second-order valence-corrected chi connectivity index (χ2v) is 7.86. The van der Waals surface area contributed by atoms with E-state index in [9.17, 15) is 14.0 Å². The van der Waals surface area contributed by atoms with E-state index in [1.54, 1.807) is 11.0 Å². The minimum Gasteiger partial charge on any atom is -0.370 e. The molecular weight excluding hydrogens is 428 g/mol. The third kappa shape index (κ3) is 4.55. The topological polar surface area (TPSA) is 43.9 Å². The molecule has 30 heavy (non-hydrogen) atoms. The van der Waals surface area contributed by atoms with Crippen molar-refractivity contribution >= 4 is 47.2 Å². The maximum Gasteiger partial charge on any atom is 0.316 e. The molecule has 0 bridgehead atoms. The summed E-state index contributed by atoms with van der Waals surface area (Å²) in [6, 6.07) is 11.8. The number of carbonyl (C=O) groups excluding carboxylic acids is 2. The van der Waals surface area contributed by atoms with Crippen LogP contribution in [0.15, 0.2) is 42.5 Å². The molecule has 0 atom stereocenters. The number of hydrogen-bond donors (Lipinski definition) is 0. The molecule has 0 spiro atoms. The number of carbonyl (C=O) groups is 2. The molecule has 160 valence electrons. The van der Waals surface area contributed by atoms with Crippen molar-refractivity contribution in [1.29, 1.82) is 0 Å². The number of piperazine rings is 1. The van der Waals surface area contributed by atoms with Crippen LogP contribution in [0, 0.1) is 5.82 Å². The van der Waals surface area contributed by atoms with Crippen LogP contribution >= 0.6 is 24.0 Å². The molecule has 0 aromatic heterocycles. The summed E-state index contributed by atoms with van der Waals surface area (Å²) in [5.74, 6) is -1.54. The molecule has 2 aromatic carbocycles. The molecule has 2 aliphatic rings. The highest BCUT2D eigenvalue weighted by Gasteiger charge is 2.35. The lowest BCUT2D eigenvalue weighted by molar-refractivity contribution is -0.146. The number of hydrogen-bond acceptors (Lipinski definition) is 3. The van der Waals surface area contributed by atoms with E-state index >= 15 is 0 Å². The van der Waals surface area contributed by atoms with Crippen LogP contribution in [-0.4, -0.2) is 42.9 Å². The van der Waals surface area contributed by atoms with Gasteiger partial charge in [-0.2, -0.15) is 0 Å². The fourth-order valence-electron chi connectivity index (χ4n) is 4.01. The van der Waals surface area contributed by atoms with Gasteiger partial charge in [-0.05, 0) is 49.1 Å². The SMILES string of the molecule is Cl.O=C1C(=O)N(c2ccccc2N2CCCCC2)CCN1Cc1ccc(F)cc1Cl. The van der Waals surface area contributed by atoms with Gasteiger partial charge in [0.2, 0.25) is 0 Å². The molecule has 0 saturated carbocycles. The summed E-state index contributed by atoms with van der Waals surface area (Å²) in [5.41, 5.74) is 2.41. The number of piperidine rings is 1. The van der Waals surface area contributed by atoms with Gasteiger partial charge in [-0.15, -0.1) is 12.4 Å². The smallest absolute Gasteiger partial charge is 0.316 e. The molecule has 2 aromatic rings. The predicted molar refractivity (Wildman–Crippen MR) is 119 cm³/mol. The lowest BCUT2D eigenvalue weighted by Crippen LogP contribution is -2.54. The molecule has 0 aliphatic carbocycles. The molecule has 8 heteroatoms. The highest BCUT2D eigenvalue weighted by Crippen LogP contribution is 2.32. The molecular formula is C22H24Cl2FN3O2. The monoisotopic (exact) mass is 451 g/mol. The van der Waals surface area contributed by atoms with Crippen molar-refractivity contribution in [2.75, 3.05) is 36.0 Å². The second kappa shape index (κ2) is 9.67. The quantitative estimate of drug-likeness (QED) is 0.651. The van der Waals surface area contributed by atoms with Crippen LogP contribution in [0.3, 0.4) is 0 Å². The maximum absolute atomic E-state index is 13.3. The molecule has 5 nitrogen and oxygen atoms in total. The van der Waals surface area contributed by atoms with Crippen LogP contribution in [0.5, 0.6) is 0 Å². The van der Waals surface area contributed by atoms with E-state index in [1.807, 2.05) is 24.3 Å². The fourth-order valence-corrected chi connectivity index (χ4v) is 4.23. The van der Waals surface area contributed by atoms with Gasteiger partial charge < -0.3 is 14.7 Å². The van der Waals surface area contributed by atoms with Crippen molar-refractivity contribution in [2.24, 2.45) is 0 Å². The first kappa shape index (κ1) is 22.4. The highest BCUT2D eigenvalue weighted by molar-refractivity contribution is 6.41. The summed E-state index contributed by atoms with van der Waals surface area (Å²) in [6.07, 6.45) is 3.49. The van der Waals surface area contributed by atoms with E-state index in [4.69, 9.17) is 11.6 Å². The summed E-state index contributed by atoms with van der Waals surface area (Å²) in [6.45, 7) is 2.91. The van der Waals surface area contributed by atoms with Crippen LogP contribution in [0.25, 0.3) is 0 Å². The Kier molecular flexibility index (Phi) is 7.21. The number of para-hydroxylation sites is 2. The van der Waals surface area contributed by atoms with Gasteiger partial charge in [-0.3, -0.25) is 9.59 Å². The fraction of sp³-hybridized carbons (Fsp3) is 0.364. The van der Waals surface area contributed by atoms with Crippen molar-refractivity contribution in [2.45, 2.75) is 25.8 Å². The van der Waals surface area contributed by atoms with Crippen LogP contribution in [-0.2, 0) is 16.1 Å². The van der Waals surface area contributed by atoms with Crippen molar-refractivity contribution in [3.63, 3.8) is 0 Å². The van der Waals surface area contributed by atoms with Gasteiger partial charge in [-0.1, -0.05) is 29.8 Å². The Bertz CT molecular complexity index is 934. The number of benzene rings is 2. The minimum atomic E-state index is -0.565. The zero-order valence-corrected chi connectivity index (χ0v) is 18.1. The average molecular weight is 452 g/mol. The normalized spacial score (nSPS) is 17.2. The Labute approximate surface area is 186 Å². The van der Waals surface area contributed by atoms with Gasteiger partial charge in [0.05, 0.1) is 11.4 Å². The van der Waals surface area contributed by atoms with Gasteiger partial charge >= 0.3 is 11.8 Å². The van der Waals surface area contributed by atoms with E-state index in [0.29, 0.717) is 18.7 Å². The van der Waals surface area contributed by atoms with Gasteiger partial charge in [0.25, 0.3) is 0 Å². The Morgan fingerprint density at radius 1 is 0.867 bits per heavy atom. The molecule has 4 rings (SSSR count). The summed E-state index contributed by atoms with van der Waals surface area (Å²) in [4.78, 5) is 31.1. The number of rotatable bonds is 4. The van der Waals surface area contributed by atoms with Crippen LogP contribution in [0.4, 0.5) is 15.8 Å². The molecule has 2 heterocycles. The van der Waals surface area contributed by atoms with Gasteiger partial charge in [0.1, 0.15) is 5.82 Å². The first-order chi connectivity index (χ1) is 14.0. The lowest BCUT2D eigenvalue weighted by atomic mass is 10.1. The first-order valence-corrected chi connectivity index (χ1v) is 10.3. The summed E-state index contributed by atoms with van der Waals surface area (Å²) in [7, 11) is 0. The summed E-state index contributed by atoms with van der Waals surface area (Å²) in [5, 5.41) is 0.253. The third-order valence-corrected chi connectivity index (χ3v) is 5.91. The van der Waals surface area contributed by atoms with Crippen molar-refractivity contribution < 1.29 is 14.0 Å². The summed E-state index contributed by atoms with van der Waals surface area (Å²) >= 11 is 6.09. The molecule has 0 N–H and O–H groups in total. The number of nitrogens with zero attached hydrogens (tertiary/aromatic N) is 3. The van der Waals surface area contributed by atoms with Crippen molar-refractivity contribution in [3.8, 4) is 0 Å². The zero-order valence-electron chi connectivity index (χ0n) is 16.5. The molecule has 2 amide bonds. The number of amides is 2. The Hall–Kier alpha value is -2.31. The second-order valence-electron chi connectivity index (χ2n) is 7.46. The van der Waals surface area contributed by atoms with Gasteiger partial charge in [-0.25, -0.2) is 4.39 Å². The molecule has 0 radical (unpaired) electrons. The van der Waals surface area contributed by atoms with Crippen LogP contribution in [0.2, 0.25) is 5.02 Å². The first-order valence-electron chi connectivity index (χ1n) is 9.93.